The summed E-state index contributed by atoms with van der Waals surface area (Å²) in [7, 11) is 0. The fraction of sp³-hybridized carbons (Fsp3) is 0.273. The van der Waals surface area contributed by atoms with Crippen molar-refractivity contribution in [1.82, 2.24) is 5.32 Å². The van der Waals surface area contributed by atoms with Crippen LogP contribution in [0.3, 0.4) is 0 Å². The number of halogens is 3. The lowest BCUT2D eigenvalue weighted by molar-refractivity contribution is -0.131. The average Bonchev–Trinajstić information content (AvgIpc) is 2.35. The van der Waals surface area contributed by atoms with Gasteiger partial charge in [0.2, 0.25) is 0 Å². The van der Waals surface area contributed by atoms with Crippen LogP contribution in [0.2, 0.25) is 0 Å². The van der Waals surface area contributed by atoms with E-state index in [1.165, 1.54) is 0 Å². The Kier molecular flexibility index (Phi) is 7.07. The summed E-state index contributed by atoms with van der Waals surface area (Å²) < 4.78 is 23.7. The van der Waals surface area contributed by atoms with Crippen LogP contribution in [0.5, 0.6) is 0 Å². The number of amides is 1. The molecule has 1 aromatic rings. The molecule has 0 saturated heterocycles. The Morgan fingerprint density at radius 3 is 2.28 bits per heavy atom. The number of Topliss-reactive ketones (excluding diaryl/α,β-unsaturated/α-hetero) is 1. The zero-order chi connectivity index (χ0) is 12.8. The van der Waals surface area contributed by atoms with E-state index in [1.807, 2.05) is 5.32 Å². The second-order valence-corrected chi connectivity index (χ2v) is 3.38. The molecule has 1 aromatic carbocycles. The largest absolute Gasteiger partial charge is 0.349 e. The Morgan fingerprint density at radius 2 is 1.78 bits per heavy atom. The number of ketones is 1. The summed E-state index contributed by atoms with van der Waals surface area (Å²) in [5.41, 5.74) is 5.87. The zero-order valence-electron chi connectivity index (χ0n) is 9.31. The topological polar surface area (TPSA) is 72.2 Å². The summed E-state index contributed by atoms with van der Waals surface area (Å²) in [5, 5.41) is 1.90. The van der Waals surface area contributed by atoms with Gasteiger partial charge < -0.3 is 11.1 Å². The van der Waals surface area contributed by atoms with E-state index in [0.717, 1.165) is 0 Å². The van der Waals surface area contributed by atoms with Crippen molar-refractivity contribution in [2.45, 2.75) is 12.5 Å². The van der Waals surface area contributed by atoms with Crippen molar-refractivity contribution in [1.29, 1.82) is 0 Å². The monoisotopic (exact) mass is 278 g/mol. The van der Waals surface area contributed by atoms with E-state index < -0.39 is 24.2 Å². The fourth-order valence-corrected chi connectivity index (χ4v) is 1.20. The first-order valence-corrected chi connectivity index (χ1v) is 4.93. The van der Waals surface area contributed by atoms with Crippen LogP contribution in [0.15, 0.2) is 30.3 Å². The molecular formula is C11H13ClF2N2O2. The maximum absolute atomic E-state index is 11.9. The number of benzene rings is 1. The molecule has 0 aliphatic rings. The molecule has 18 heavy (non-hydrogen) atoms. The van der Waals surface area contributed by atoms with E-state index in [9.17, 15) is 18.4 Å². The van der Waals surface area contributed by atoms with Crippen LogP contribution in [0.25, 0.3) is 0 Å². The molecule has 0 aromatic heterocycles. The number of rotatable bonds is 5. The number of alkyl halides is 2. The van der Waals surface area contributed by atoms with Gasteiger partial charge in [-0.1, -0.05) is 30.3 Å². The standard InChI is InChI=1S/C11H12F2N2O2.ClH/c12-10(13)11(17)15-6-8(14)9(16)7-4-2-1-3-5-7;/h1-5,8,10H,6,14H2,(H,15,17);1H. The normalized spacial score (nSPS) is 11.6. The van der Waals surface area contributed by atoms with E-state index in [-0.39, 0.29) is 19.0 Å². The van der Waals surface area contributed by atoms with Crippen molar-refractivity contribution in [3.63, 3.8) is 0 Å². The van der Waals surface area contributed by atoms with Crippen molar-refractivity contribution in [2.24, 2.45) is 5.73 Å². The molecule has 0 saturated carbocycles. The van der Waals surface area contributed by atoms with Gasteiger partial charge in [-0.25, -0.2) is 0 Å². The van der Waals surface area contributed by atoms with Gasteiger partial charge >= 0.3 is 6.43 Å². The SMILES string of the molecule is Cl.NC(CNC(=O)C(F)F)C(=O)c1ccccc1. The van der Waals surface area contributed by atoms with E-state index in [0.29, 0.717) is 5.56 Å². The number of carbonyl (C=O) groups is 2. The summed E-state index contributed by atoms with van der Waals surface area (Å²) >= 11 is 0. The first kappa shape index (κ1) is 16.5. The quantitative estimate of drug-likeness (QED) is 0.789. The number of hydrogen-bond donors (Lipinski definition) is 2. The molecule has 0 aliphatic carbocycles. The Hall–Kier alpha value is -1.53. The smallest absolute Gasteiger partial charge is 0.315 e. The van der Waals surface area contributed by atoms with Gasteiger partial charge in [0.05, 0.1) is 6.04 Å². The Morgan fingerprint density at radius 1 is 1.22 bits per heavy atom. The van der Waals surface area contributed by atoms with Gasteiger partial charge in [0.25, 0.3) is 5.91 Å². The number of nitrogens with one attached hydrogen (secondary N) is 1. The Balaban J connectivity index is 0.00000289. The minimum absolute atomic E-state index is 0. The second kappa shape index (κ2) is 7.73. The number of carbonyl (C=O) groups excluding carboxylic acids is 2. The van der Waals surface area contributed by atoms with Gasteiger partial charge in [0.1, 0.15) is 0 Å². The predicted octanol–water partition coefficient (Wildman–Crippen LogP) is 1.000. The van der Waals surface area contributed by atoms with Gasteiger partial charge in [-0.05, 0) is 0 Å². The summed E-state index contributed by atoms with van der Waals surface area (Å²) in [4.78, 5) is 22.2. The van der Waals surface area contributed by atoms with E-state index in [1.54, 1.807) is 30.3 Å². The molecule has 7 heteroatoms. The van der Waals surface area contributed by atoms with Crippen LogP contribution in [0.4, 0.5) is 8.78 Å². The minimum atomic E-state index is -3.10. The highest BCUT2D eigenvalue weighted by molar-refractivity contribution is 6.00. The molecule has 1 amide bonds. The van der Waals surface area contributed by atoms with Crippen molar-refractivity contribution in [2.75, 3.05) is 6.54 Å². The lowest BCUT2D eigenvalue weighted by Crippen LogP contribution is -2.44. The van der Waals surface area contributed by atoms with Gasteiger partial charge in [-0.3, -0.25) is 9.59 Å². The van der Waals surface area contributed by atoms with Gasteiger partial charge in [-0.15, -0.1) is 12.4 Å². The number of hydrogen-bond acceptors (Lipinski definition) is 3. The second-order valence-electron chi connectivity index (χ2n) is 3.38. The lowest BCUT2D eigenvalue weighted by Gasteiger charge is -2.11. The van der Waals surface area contributed by atoms with Crippen molar-refractivity contribution < 1.29 is 18.4 Å². The zero-order valence-corrected chi connectivity index (χ0v) is 10.1. The Labute approximate surface area is 109 Å². The van der Waals surface area contributed by atoms with Crippen LogP contribution in [-0.2, 0) is 4.79 Å². The lowest BCUT2D eigenvalue weighted by atomic mass is 10.1. The number of nitrogens with two attached hydrogens (primary N) is 1. The molecule has 0 spiro atoms. The third-order valence-corrected chi connectivity index (χ3v) is 2.09. The molecule has 0 aliphatic heterocycles. The van der Waals surface area contributed by atoms with Crippen LogP contribution in [0, 0.1) is 0 Å². The summed E-state index contributed by atoms with van der Waals surface area (Å²) in [6, 6.07) is 7.17. The molecule has 4 nitrogen and oxygen atoms in total. The molecule has 0 radical (unpaired) electrons. The van der Waals surface area contributed by atoms with Gasteiger partial charge in [0, 0.05) is 12.1 Å². The third kappa shape index (κ3) is 4.77. The maximum atomic E-state index is 11.9. The van der Waals surface area contributed by atoms with Crippen molar-refractivity contribution in [3.05, 3.63) is 35.9 Å². The highest BCUT2D eigenvalue weighted by atomic mass is 35.5. The van der Waals surface area contributed by atoms with Crippen molar-refractivity contribution >= 4 is 24.1 Å². The molecule has 0 bridgehead atoms. The molecule has 0 heterocycles. The van der Waals surface area contributed by atoms with Crippen LogP contribution >= 0.6 is 12.4 Å². The van der Waals surface area contributed by atoms with E-state index in [2.05, 4.69) is 0 Å². The highest BCUT2D eigenvalue weighted by Crippen LogP contribution is 2.02. The molecule has 3 N–H and O–H groups in total. The first-order chi connectivity index (χ1) is 8.02. The molecule has 1 atom stereocenters. The van der Waals surface area contributed by atoms with Crippen molar-refractivity contribution in [3.8, 4) is 0 Å². The van der Waals surface area contributed by atoms with Crippen LogP contribution < -0.4 is 11.1 Å². The maximum Gasteiger partial charge on any atom is 0.315 e. The molecule has 1 rings (SSSR count). The highest BCUT2D eigenvalue weighted by Gasteiger charge is 2.19. The summed E-state index contributed by atoms with van der Waals surface area (Å²) in [6.07, 6.45) is -3.10. The van der Waals surface area contributed by atoms with E-state index >= 15 is 0 Å². The molecule has 1 unspecified atom stereocenters. The minimum Gasteiger partial charge on any atom is -0.349 e. The van der Waals surface area contributed by atoms with Gasteiger partial charge in [0.15, 0.2) is 5.78 Å². The molecule has 100 valence electrons. The predicted molar refractivity (Wildman–Crippen MR) is 65.0 cm³/mol. The first-order valence-electron chi connectivity index (χ1n) is 4.93. The summed E-state index contributed by atoms with van der Waals surface area (Å²) in [5.74, 6) is -1.83. The average molecular weight is 279 g/mol. The van der Waals surface area contributed by atoms with Crippen LogP contribution in [0.1, 0.15) is 10.4 Å². The molecular weight excluding hydrogens is 266 g/mol. The third-order valence-electron chi connectivity index (χ3n) is 2.09. The van der Waals surface area contributed by atoms with E-state index in [4.69, 9.17) is 5.73 Å². The van der Waals surface area contributed by atoms with Gasteiger partial charge in [-0.2, -0.15) is 8.78 Å². The Bertz CT molecular complexity index is 401. The van der Waals surface area contributed by atoms with Crippen LogP contribution in [-0.4, -0.2) is 30.7 Å². The fourth-order valence-electron chi connectivity index (χ4n) is 1.20. The molecule has 0 fully saturated rings. The summed E-state index contributed by atoms with van der Waals surface area (Å²) in [6.45, 7) is -0.309.